The van der Waals surface area contributed by atoms with E-state index >= 15 is 0 Å². The summed E-state index contributed by atoms with van der Waals surface area (Å²) in [5.41, 5.74) is 1.88. The maximum Gasteiger partial charge on any atom is 1.00 e. The first-order chi connectivity index (χ1) is 4.83. The van der Waals surface area contributed by atoms with Gasteiger partial charge >= 0.3 is 51.4 Å². The Morgan fingerprint density at radius 1 is 1.27 bits per heavy atom. The quantitative estimate of drug-likeness (QED) is 0.275. The summed E-state index contributed by atoms with van der Waals surface area (Å²) in [5, 5.41) is 9.89. The minimum Gasteiger partial charge on any atom is -0.864 e. The van der Waals surface area contributed by atoms with Crippen molar-refractivity contribution in [2.24, 2.45) is 4.99 Å². The Kier molecular flexibility index (Phi) is 6.09. The number of hydrogen-bond donors (Lipinski definition) is 0. The fourth-order valence-corrected chi connectivity index (χ4v) is 0.692. The largest absolute Gasteiger partial charge is 1.00 e. The van der Waals surface area contributed by atoms with E-state index in [9.17, 15) is 5.11 Å². The number of benzene rings is 1. The van der Waals surface area contributed by atoms with Gasteiger partial charge in [-0.3, -0.25) is 4.99 Å². The Labute approximate surface area is 109 Å². The van der Waals surface area contributed by atoms with Crippen LogP contribution < -0.4 is 56.5 Å². The Morgan fingerprint density at radius 3 is 2.27 bits per heavy atom. The van der Waals surface area contributed by atoms with Gasteiger partial charge in [0.25, 0.3) is 0 Å². The minimum atomic E-state index is 0. The fraction of sp³-hybridized carbons (Fsp3) is 0.125. The third-order valence-electron chi connectivity index (χ3n) is 1.24. The van der Waals surface area contributed by atoms with Crippen molar-refractivity contribution in [2.75, 3.05) is 0 Å². The molecule has 1 rings (SSSR count). The van der Waals surface area contributed by atoms with Gasteiger partial charge in [0.05, 0.1) is 5.69 Å². The van der Waals surface area contributed by atoms with E-state index in [1.54, 1.807) is 0 Å². The van der Waals surface area contributed by atoms with Gasteiger partial charge in [-0.1, -0.05) is 24.1 Å². The van der Waals surface area contributed by atoms with Crippen molar-refractivity contribution in [2.45, 2.75) is 6.92 Å². The molecule has 0 aliphatic rings. The molecule has 0 spiro atoms. The zero-order valence-electron chi connectivity index (χ0n) is 6.74. The van der Waals surface area contributed by atoms with Gasteiger partial charge in [0.1, 0.15) is 0 Å². The van der Waals surface area contributed by atoms with Crippen molar-refractivity contribution in [3.05, 3.63) is 29.8 Å². The average Bonchev–Trinajstić information content (AvgIpc) is 1.95. The molecule has 0 aliphatic heterocycles. The summed E-state index contributed by atoms with van der Waals surface area (Å²) in [5.74, 6) is 0. The number of rotatable bonds is 1. The Morgan fingerprint density at radius 2 is 1.82 bits per heavy atom. The van der Waals surface area contributed by atoms with Gasteiger partial charge < -0.3 is 5.11 Å². The first-order valence-corrected chi connectivity index (χ1v) is 3.04. The Hall–Kier alpha value is 0.326. The van der Waals surface area contributed by atoms with E-state index < -0.39 is 0 Å². The van der Waals surface area contributed by atoms with Crippen molar-refractivity contribution in [1.29, 1.82) is 0 Å². The Bertz CT molecular complexity index is 230. The van der Waals surface area contributed by atoms with Gasteiger partial charge in [0.2, 0.25) is 0 Å². The van der Waals surface area contributed by atoms with E-state index in [-0.39, 0.29) is 51.4 Å². The van der Waals surface area contributed by atoms with Crippen LogP contribution in [-0.4, -0.2) is 6.40 Å². The minimum absolute atomic E-state index is 0. The third kappa shape index (κ3) is 4.03. The molecular weight excluding hydrogens is 165 g/mol. The number of nitrogens with zero attached hydrogens (tertiary/aromatic N) is 1. The van der Waals surface area contributed by atoms with Crippen LogP contribution in [0.25, 0.3) is 0 Å². The molecule has 0 unspecified atom stereocenters. The molecule has 0 aromatic heterocycles. The van der Waals surface area contributed by atoms with Crippen molar-refractivity contribution >= 4 is 12.1 Å². The predicted octanol–water partition coefficient (Wildman–Crippen LogP) is -1.98. The van der Waals surface area contributed by atoms with E-state index in [1.165, 1.54) is 5.56 Å². The zero-order chi connectivity index (χ0) is 7.40. The maximum absolute atomic E-state index is 9.89. The second kappa shape index (κ2) is 5.91. The molecule has 2 nitrogen and oxygen atoms in total. The summed E-state index contributed by atoms with van der Waals surface area (Å²) in [6, 6.07) is 7.46. The molecule has 0 radical (unpaired) electrons. The van der Waals surface area contributed by atoms with Gasteiger partial charge in [0, 0.05) is 0 Å². The van der Waals surface area contributed by atoms with Gasteiger partial charge in [-0.2, -0.15) is 0 Å². The topological polar surface area (TPSA) is 35.4 Å². The molecule has 0 amide bonds. The molecule has 11 heavy (non-hydrogen) atoms. The molecule has 3 heteroatoms. The van der Waals surface area contributed by atoms with E-state index in [0.717, 1.165) is 0 Å². The van der Waals surface area contributed by atoms with Crippen LogP contribution in [0.3, 0.4) is 0 Å². The monoisotopic (exact) mass is 173 g/mol. The van der Waals surface area contributed by atoms with Crippen LogP contribution in [0.15, 0.2) is 29.3 Å². The first-order valence-electron chi connectivity index (χ1n) is 3.04. The molecule has 0 N–H and O–H groups in total. The molecule has 0 bridgehead atoms. The molecule has 0 fully saturated rings. The second-order valence-corrected chi connectivity index (χ2v) is 2.07. The van der Waals surface area contributed by atoms with Crippen LogP contribution in [0, 0.1) is 6.92 Å². The SMILES string of the molecule is Cc1ccc(N=C[O-])cc1.[K+]. The smallest absolute Gasteiger partial charge is 0.864 e. The van der Waals surface area contributed by atoms with Crippen molar-refractivity contribution in [3.8, 4) is 0 Å². The molecule has 52 valence electrons. The van der Waals surface area contributed by atoms with Gasteiger partial charge in [-0.15, -0.1) is 0 Å². The number of aryl methyl sites for hydroxylation is 1. The summed E-state index contributed by atoms with van der Waals surface area (Å²) in [6.07, 6.45) is 0.546. The summed E-state index contributed by atoms with van der Waals surface area (Å²) >= 11 is 0. The molecule has 0 aliphatic carbocycles. The fourth-order valence-electron chi connectivity index (χ4n) is 0.692. The molecule has 0 saturated carbocycles. The number of aliphatic imine (C=N–C) groups is 1. The van der Waals surface area contributed by atoms with Crippen LogP contribution in [-0.2, 0) is 0 Å². The zero-order valence-corrected chi connectivity index (χ0v) is 9.87. The van der Waals surface area contributed by atoms with E-state index in [1.807, 2.05) is 31.2 Å². The predicted molar refractivity (Wildman–Crippen MR) is 39.3 cm³/mol. The first kappa shape index (κ1) is 11.3. The van der Waals surface area contributed by atoms with Crippen molar-refractivity contribution in [3.63, 3.8) is 0 Å². The van der Waals surface area contributed by atoms with Gasteiger partial charge in [0.15, 0.2) is 0 Å². The summed E-state index contributed by atoms with van der Waals surface area (Å²) < 4.78 is 0. The van der Waals surface area contributed by atoms with Crippen LogP contribution in [0.2, 0.25) is 0 Å². The number of hydrogen-bond acceptors (Lipinski definition) is 2. The summed E-state index contributed by atoms with van der Waals surface area (Å²) in [4.78, 5) is 3.57. The van der Waals surface area contributed by atoms with Crippen LogP contribution in [0.4, 0.5) is 5.69 Å². The summed E-state index contributed by atoms with van der Waals surface area (Å²) in [7, 11) is 0. The van der Waals surface area contributed by atoms with Gasteiger partial charge in [-0.05, 0) is 19.1 Å². The van der Waals surface area contributed by atoms with E-state index in [2.05, 4.69) is 4.99 Å². The normalized spacial score (nSPS) is 9.55. The van der Waals surface area contributed by atoms with Crippen LogP contribution >= 0.6 is 0 Å². The Balaban J connectivity index is 0.000001000. The molecule has 0 saturated heterocycles. The molecule has 1 aromatic carbocycles. The van der Waals surface area contributed by atoms with E-state index in [0.29, 0.717) is 12.1 Å². The molecule has 1 aromatic rings. The standard InChI is InChI=1S/C8H9NO.K/c1-7-2-4-8(5-3-7)9-6-10;/h2-6H,1H3,(H,9,10);/q;+1/p-1. The van der Waals surface area contributed by atoms with Gasteiger partial charge in [-0.25, -0.2) is 0 Å². The van der Waals surface area contributed by atoms with Crippen molar-refractivity contribution in [1.82, 2.24) is 0 Å². The molecule has 0 atom stereocenters. The van der Waals surface area contributed by atoms with Crippen LogP contribution in [0.1, 0.15) is 5.56 Å². The van der Waals surface area contributed by atoms with Crippen molar-refractivity contribution < 1.29 is 56.5 Å². The average molecular weight is 173 g/mol. The van der Waals surface area contributed by atoms with E-state index in [4.69, 9.17) is 0 Å². The summed E-state index contributed by atoms with van der Waals surface area (Å²) in [6.45, 7) is 1.99. The maximum atomic E-state index is 9.89. The third-order valence-corrected chi connectivity index (χ3v) is 1.24. The van der Waals surface area contributed by atoms with Crippen LogP contribution in [0.5, 0.6) is 0 Å². The molecular formula is C8H8KNO. The molecule has 0 heterocycles. The second-order valence-electron chi connectivity index (χ2n) is 2.07.